The number of anilines is 1. The van der Waals surface area contributed by atoms with Crippen LogP contribution in [0.3, 0.4) is 0 Å². The van der Waals surface area contributed by atoms with Gasteiger partial charge in [-0.05, 0) is 12.1 Å². The number of nitrogen functional groups attached to an aromatic ring is 1. The number of aromatic nitrogens is 1. The van der Waals surface area contributed by atoms with Crippen LogP contribution < -0.4 is 5.73 Å². The molecule has 0 aliphatic heterocycles. The Hall–Kier alpha value is -1.54. The Bertz CT molecular complexity index is 411. The van der Waals surface area contributed by atoms with Gasteiger partial charge in [-0.2, -0.15) is 0 Å². The van der Waals surface area contributed by atoms with Crippen molar-refractivity contribution in [2.45, 2.75) is 0 Å². The molecule has 0 aliphatic carbocycles. The van der Waals surface area contributed by atoms with E-state index in [2.05, 4.69) is 4.98 Å². The maximum absolute atomic E-state index is 6.05. The van der Waals surface area contributed by atoms with Gasteiger partial charge in [-0.15, -0.1) is 0 Å². The molecule has 2 rings (SSSR count). The maximum Gasteiger partial charge on any atom is 0.0485 e. The molecule has 0 unspecified atom stereocenters. The molecular weight excluding hydrogens is 196 g/mol. The van der Waals surface area contributed by atoms with Crippen molar-refractivity contribution < 1.29 is 0 Å². The summed E-state index contributed by atoms with van der Waals surface area (Å²) in [7, 11) is 0. The second-order valence-corrected chi connectivity index (χ2v) is 3.35. The summed E-state index contributed by atoms with van der Waals surface area (Å²) in [4.78, 5) is 4.02. The molecule has 0 saturated heterocycles. The molecule has 2 aromatic rings. The van der Waals surface area contributed by atoms with E-state index in [1.807, 2.05) is 24.3 Å². The van der Waals surface area contributed by atoms with Crippen LogP contribution in [0.15, 0.2) is 42.7 Å². The molecule has 2 N–H and O–H groups in total. The Labute approximate surface area is 87.4 Å². The van der Waals surface area contributed by atoms with Crippen molar-refractivity contribution in [3.05, 3.63) is 47.7 Å². The number of hydrogen-bond donors (Lipinski definition) is 1. The Kier molecular flexibility index (Phi) is 2.37. The molecule has 1 aromatic carbocycles. The van der Waals surface area contributed by atoms with Crippen LogP contribution in [0.5, 0.6) is 0 Å². The van der Waals surface area contributed by atoms with Crippen molar-refractivity contribution in [3.8, 4) is 11.1 Å². The minimum Gasteiger partial charge on any atom is -0.398 e. The van der Waals surface area contributed by atoms with Gasteiger partial charge in [0.25, 0.3) is 0 Å². The van der Waals surface area contributed by atoms with Crippen molar-refractivity contribution in [1.82, 2.24) is 4.98 Å². The zero-order valence-electron chi connectivity index (χ0n) is 7.44. The summed E-state index contributed by atoms with van der Waals surface area (Å²) in [6, 6.07) is 9.34. The van der Waals surface area contributed by atoms with Crippen LogP contribution in [0, 0.1) is 0 Å². The molecule has 70 valence electrons. The first-order valence-corrected chi connectivity index (χ1v) is 4.61. The predicted molar refractivity (Wildman–Crippen MR) is 59.1 cm³/mol. The third kappa shape index (κ3) is 1.56. The number of rotatable bonds is 1. The second-order valence-electron chi connectivity index (χ2n) is 2.94. The lowest BCUT2D eigenvalue weighted by Gasteiger charge is -2.05. The van der Waals surface area contributed by atoms with Crippen LogP contribution in [-0.2, 0) is 0 Å². The Morgan fingerprint density at radius 2 is 1.86 bits per heavy atom. The predicted octanol–water partition coefficient (Wildman–Crippen LogP) is 2.98. The fourth-order valence-electron chi connectivity index (χ4n) is 1.31. The molecule has 3 heteroatoms. The summed E-state index contributed by atoms with van der Waals surface area (Å²) < 4.78 is 0. The van der Waals surface area contributed by atoms with Gasteiger partial charge in [0.05, 0.1) is 0 Å². The summed E-state index contributed by atoms with van der Waals surface area (Å²) in [5.41, 5.74) is 8.30. The molecule has 14 heavy (non-hydrogen) atoms. The van der Waals surface area contributed by atoms with E-state index in [0.29, 0.717) is 10.7 Å². The van der Waals surface area contributed by atoms with Crippen LogP contribution in [0.2, 0.25) is 5.02 Å². The highest BCUT2D eigenvalue weighted by atomic mass is 35.5. The molecular formula is C11H9ClN2. The Morgan fingerprint density at radius 3 is 2.57 bits per heavy atom. The maximum atomic E-state index is 6.05. The Balaban J connectivity index is 2.61. The van der Waals surface area contributed by atoms with E-state index in [9.17, 15) is 0 Å². The van der Waals surface area contributed by atoms with Crippen LogP contribution in [-0.4, -0.2) is 4.98 Å². The first-order chi connectivity index (χ1) is 6.79. The average Bonchev–Trinajstić information content (AvgIpc) is 2.20. The van der Waals surface area contributed by atoms with Gasteiger partial charge in [-0.3, -0.25) is 4.98 Å². The van der Waals surface area contributed by atoms with Crippen LogP contribution in [0.25, 0.3) is 11.1 Å². The average molecular weight is 205 g/mol. The fourth-order valence-corrected chi connectivity index (χ4v) is 1.55. The summed E-state index contributed by atoms with van der Waals surface area (Å²) in [6.07, 6.45) is 3.38. The van der Waals surface area contributed by atoms with Crippen molar-refractivity contribution in [2.24, 2.45) is 0 Å². The normalized spacial score (nSPS) is 10.1. The number of hydrogen-bond acceptors (Lipinski definition) is 2. The summed E-state index contributed by atoms with van der Waals surface area (Å²) in [5.74, 6) is 0. The van der Waals surface area contributed by atoms with E-state index in [0.717, 1.165) is 11.1 Å². The number of pyridine rings is 1. The van der Waals surface area contributed by atoms with E-state index in [4.69, 9.17) is 17.3 Å². The van der Waals surface area contributed by atoms with Gasteiger partial charge < -0.3 is 5.73 Å². The van der Waals surface area contributed by atoms with Crippen molar-refractivity contribution in [1.29, 1.82) is 0 Å². The zero-order chi connectivity index (χ0) is 9.97. The molecule has 0 fully saturated rings. The van der Waals surface area contributed by atoms with Crippen molar-refractivity contribution in [2.75, 3.05) is 5.73 Å². The number of benzene rings is 1. The van der Waals surface area contributed by atoms with Gasteiger partial charge in [0.15, 0.2) is 0 Å². The van der Waals surface area contributed by atoms with E-state index < -0.39 is 0 Å². The third-order valence-corrected chi connectivity index (χ3v) is 2.35. The smallest absolute Gasteiger partial charge is 0.0485 e. The summed E-state index contributed by atoms with van der Waals surface area (Å²) in [5, 5.41) is 0.687. The number of halogens is 1. The zero-order valence-corrected chi connectivity index (χ0v) is 8.20. The molecule has 0 aliphatic rings. The lowest BCUT2D eigenvalue weighted by Crippen LogP contribution is -1.90. The van der Waals surface area contributed by atoms with Crippen LogP contribution >= 0.6 is 11.6 Å². The molecule has 0 saturated carbocycles. The monoisotopic (exact) mass is 204 g/mol. The van der Waals surface area contributed by atoms with E-state index in [1.54, 1.807) is 18.5 Å². The fraction of sp³-hybridized carbons (Fsp3) is 0. The lowest BCUT2D eigenvalue weighted by molar-refractivity contribution is 1.33. The molecule has 1 aromatic heterocycles. The molecule has 0 atom stereocenters. The van der Waals surface area contributed by atoms with E-state index in [-0.39, 0.29) is 0 Å². The minimum atomic E-state index is 0.687. The lowest BCUT2D eigenvalue weighted by atomic mass is 10.1. The number of nitrogens with zero attached hydrogens (tertiary/aromatic N) is 1. The van der Waals surface area contributed by atoms with Gasteiger partial charge in [0.1, 0.15) is 0 Å². The van der Waals surface area contributed by atoms with Gasteiger partial charge in [0, 0.05) is 34.2 Å². The SMILES string of the molecule is Nc1ccncc1-c1ccccc1Cl. The first-order valence-electron chi connectivity index (χ1n) is 4.23. The molecule has 0 spiro atoms. The van der Waals surface area contributed by atoms with Crippen LogP contribution in [0.4, 0.5) is 5.69 Å². The summed E-state index contributed by atoms with van der Waals surface area (Å²) >= 11 is 6.05. The minimum absolute atomic E-state index is 0.687. The molecule has 0 radical (unpaired) electrons. The largest absolute Gasteiger partial charge is 0.398 e. The highest BCUT2D eigenvalue weighted by molar-refractivity contribution is 6.33. The van der Waals surface area contributed by atoms with Gasteiger partial charge in [-0.1, -0.05) is 29.8 Å². The molecule has 0 bridgehead atoms. The van der Waals surface area contributed by atoms with Gasteiger partial charge in [0.2, 0.25) is 0 Å². The van der Waals surface area contributed by atoms with Gasteiger partial charge >= 0.3 is 0 Å². The standard InChI is InChI=1S/C11H9ClN2/c12-10-4-2-1-3-8(10)9-7-14-6-5-11(9)13/h1-7H,(H2,13,14). The van der Waals surface area contributed by atoms with Crippen LogP contribution in [0.1, 0.15) is 0 Å². The molecule has 1 heterocycles. The second kappa shape index (κ2) is 3.68. The molecule has 0 amide bonds. The highest BCUT2D eigenvalue weighted by Crippen LogP contribution is 2.30. The Morgan fingerprint density at radius 1 is 1.07 bits per heavy atom. The quantitative estimate of drug-likeness (QED) is 0.776. The molecule has 2 nitrogen and oxygen atoms in total. The summed E-state index contributed by atoms with van der Waals surface area (Å²) in [6.45, 7) is 0. The van der Waals surface area contributed by atoms with Crippen molar-refractivity contribution in [3.63, 3.8) is 0 Å². The third-order valence-electron chi connectivity index (χ3n) is 2.02. The van der Waals surface area contributed by atoms with E-state index >= 15 is 0 Å². The topological polar surface area (TPSA) is 38.9 Å². The highest BCUT2D eigenvalue weighted by Gasteiger charge is 2.05. The van der Waals surface area contributed by atoms with Gasteiger partial charge in [-0.25, -0.2) is 0 Å². The number of nitrogens with two attached hydrogens (primary N) is 1. The van der Waals surface area contributed by atoms with Crippen molar-refractivity contribution >= 4 is 17.3 Å². The first kappa shape index (κ1) is 9.03. The van der Waals surface area contributed by atoms with E-state index in [1.165, 1.54) is 0 Å².